The number of amides is 2. The minimum Gasteiger partial charge on any atom is -0.337 e. The summed E-state index contributed by atoms with van der Waals surface area (Å²) >= 11 is 0. The van der Waals surface area contributed by atoms with Crippen molar-refractivity contribution >= 4 is 6.03 Å². The van der Waals surface area contributed by atoms with Crippen LogP contribution >= 0.6 is 0 Å². The maximum Gasteiger partial charge on any atom is 0.455 e. The van der Waals surface area contributed by atoms with E-state index >= 15 is 0 Å². The Labute approximate surface area is 135 Å². The first-order valence-corrected chi connectivity index (χ1v) is 7.32. The third-order valence-electron chi connectivity index (χ3n) is 4.01. The molecule has 3 rings (SSSR count). The maximum atomic E-state index is 12.4. The molecule has 6 nitrogen and oxygen atoms in total. The molecule has 0 saturated carbocycles. The molecule has 1 aliphatic carbocycles. The van der Waals surface area contributed by atoms with Gasteiger partial charge in [-0.05, 0) is 24.0 Å². The highest BCUT2D eigenvalue weighted by molar-refractivity contribution is 5.74. The highest BCUT2D eigenvalue weighted by Gasteiger charge is 2.37. The summed E-state index contributed by atoms with van der Waals surface area (Å²) < 4.78 is 41.6. The summed E-state index contributed by atoms with van der Waals surface area (Å²) in [5.41, 5.74) is 2.41. The minimum atomic E-state index is -4.67. The van der Waals surface area contributed by atoms with E-state index in [1.807, 2.05) is 24.3 Å². The lowest BCUT2D eigenvalue weighted by Crippen LogP contribution is -2.43. The number of alkyl halides is 3. The fraction of sp³-hybridized carbons (Fsp3) is 0.400. The zero-order chi connectivity index (χ0) is 17.3. The molecule has 9 heteroatoms. The Hall–Kier alpha value is -2.58. The summed E-state index contributed by atoms with van der Waals surface area (Å²) in [7, 11) is 1.65. The number of likely N-dealkylation sites (N-methyl/N-ethyl adjacent to an activating group) is 1. The number of carbonyl (C=O) groups excluding carboxylic acids is 1. The van der Waals surface area contributed by atoms with E-state index in [-0.39, 0.29) is 18.5 Å². The van der Waals surface area contributed by atoms with E-state index < -0.39 is 18.0 Å². The lowest BCUT2D eigenvalue weighted by molar-refractivity contribution is -0.146. The number of nitrogens with zero attached hydrogens (tertiary/aromatic N) is 3. The number of benzene rings is 1. The molecule has 1 heterocycles. The molecular weight excluding hydrogens is 325 g/mol. The molecule has 0 atom stereocenters. The normalized spacial score (nSPS) is 14.5. The first-order valence-electron chi connectivity index (χ1n) is 7.32. The van der Waals surface area contributed by atoms with Crippen LogP contribution < -0.4 is 5.32 Å². The molecule has 1 aromatic carbocycles. The van der Waals surface area contributed by atoms with E-state index in [0.717, 1.165) is 12.8 Å². The van der Waals surface area contributed by atoms with Gasteiger partial charge in [-0.25, -0.2) is 4.79 Å². The fourth-order valence-corrected chi connectivity index (χ4v) is 2.69. The van der Waals surface area contributed by atoms with E-state index in [4.69, 9.17) is 0 Å². The summed E-state index contributed by atoms with van der Waals surface area (Å²) in [6, 6.07) is 7.57. The second kappa shape index (κ2) is 6.14. The smallest absolute Gasteiger partial charge is 0.337 e. The molecule has 0 bridgehead atoms. The van der Waals surface area contributed by atoms with E-state index in [0.29, 0.717) is 0 Å². The molecule has 0 unspecified atom stereocenters. The molecule has 1 aliphatic rings. The molecule has 1 N–H and O–H groups in total. The molecule has 0 spiro atoms. The first kappa shape index (κ1) is 16.3. The number of nitrogens with one attached hydrogen (secondary N) is 1. The number of carbonyl (C=O) groups is 1. The van der Waals surface area contributed by atoms with Gasteiger partial charge in [0.25, 0.3) is 5.82 Å². The highest BCUT2D eigenvalue weighted by Crippen LogP contribution is 2.26. The SMILES string of the molecule is CN(C(=O)NCc1nc(C(F)(F)F)no1)C1Cc2ccccc2C1. The van der Waals surface area contributed by atoms with Crippen molar-refractivity contribution in [3.63, 3.8) is 0 Å². The van der Waals surface area contributed by atoms with Gasteiger partial charge >= 0.3 is 12.2 Å². The van der Waals surface area contributed by atoms with Crippen LogP contribution in [-0.4, -0.2) is 34.2 Å². The third kappa shape index (κ3) is 3.34. The Kier molecular flexibility index (Phi) is 4.16. The van der Waals surface area contributed by atoms with Crippen molar-refractivity contribution < 1.29 is 22.5 Å². The van der Waals surface area contributed by atoms with Gasteiger partial charge in [-0.15, -0.1) is 0 Å². The zero-order valence-corrected chi connectivity index (χ0v) is 12.8. The number of aromatic nitrogens is 2. The summed E-state index contributed by atoms with van der Waals surface area (Å²) in [6.45, 7) is -0.258. The van der Waals surface area contributed by atoms with Gasteiger partial charge in [-0.1, -0.05) is 29.4 Å². The largest absolute Gasteiger partial charge is 0.455 e. The van der Waals surface area contributed by atoms with Gasteiger partial charge in [0.05, 0.1) is 6.54 Å². The monoisotopic (exact) mass is 340 g/mol. The highest BCUT2D eigenvalue weighted by atomic mass is 19.4. The zero-order valence-electron chi connectivity index (χ0n) is 12.8. The molecular formula is C15H15F3N4O2. The van der Waals surface area contributed by atoms with Gasteiger partial charge in [-0.3, -0.25) is 0 Å². The topological polar surface area (TPSA) is 71.3 Å². The third-order valence-corrected chi connectivity index (χ3v) is 4.01. The standard InChI is InChI=1S/C15H15F3N4O2/c1-22(11-6-9-4-2-3-5-10(9)7-11)14(23)19-8-12-20-13(21-24-12)15(16,17)18/h2-5,11H,6-8H2,1H3,(H,19,23). The summed E-state index contributed by atoms with van der Waals surface area (Å²) in [5, 5.41) is 5.33. The van der Waals surface area contributed by atoms with Crippen LogP contribution in [0.3, 0.4) is 0 Å². The van der Waals surface area contributed by atoms with Crippen molar-refractivity contribution in [2.45, 2.75) is 31.6 Å². The fourth-order valence-electron chi connectivity index (χ4n) is 2.69. The molecule has 24 heavy (non-hydrogen) atoms. The number of rotatable bonds is 3. The Morgan fingerprint density at radius 2 is 1.96 bits per heavy atom. The molecule has 1 aromatic heterocycles. The Morgan fingerprint density at radius 1 is 1.33 bits per heavy atom. The van der Waals surface area contributed by atoms with Crippen LogP contribution in [0.15, 0.2) is 28.8 Å². The van der Waals surface area contributed by atoms with Gasteiger partial charge in [0.15, 0.2) is 0 Å². The average molecular weight is 340 g/mol. The minimum absolute atomic E-state index is 0.0100. The second-order valence-electron chi connectivity index (χ2n) is 5.61. The quantitative estimate of drug-likeness (QED) is 0.931. The molecule has 2 amide bonds. The van der Waals surface area contributed by atoms with Crippen molar-refractivity contribution in [1.82, 2.24) is 20.4 Å². The van der Waals surface area contributed by atoms with E-state index in [1.165, 1.54) is 11.1 Å². The second-order valence-corrected chi connectivity index (χ2v) is 5.61. The van der Waals surface area contributed by atoms with E-state index in [2.05, 4.69) is 20.0 Å². The summed E-state index contributed by atoms with van der Waals surface area (Å²) in [5.74, 6) is -1.65. The van der Waals surface area contributed by atoms with Crippen molar-refractivity contribution in [3.8, 4) is 0 Å². The van der Waals surface area contributed by atoms with Crippen LogP contribution in [0.25, 0.3) is 0 Å². The Morgan fingerprint density at radius 3 is 2.50 bits per heavy atom. The van der Waals surface area contributed by atoms with Crippen molar-refractivity contribution in [3.05, 3.63) is 47.1 Å². The summed E-state index contributed by atoms with van der Waals surface area (Å²) in [4.78, 5) is 16.9. The Balaban J connectivity index is 1.55. The van der Waals surface area contributed by atoms with Crippen LogP contribution in [0.4, 0.5) is 18.0 Å². The van der Waals surface area contributed by atoms with E-state index in [1.54, 1.807) is 11.9 Å². The molecule has 128 valence electrons. The van der Waals surface area contributed by atoms with Crippen LogP contribution in [0.5, 0.6) is 0 Å². The predicted molar refractivity (Wildman–Crippen MR) is 76.9 cm³/mol. The summed E-state index contributed by atoms with van der Waals surface area (Å²) in [6.07, 6.45) is -3.17. The van der Waals surface area contributed by atoms with Gasteiger partial charge in [0.2, 0.25) is 5.89 Å². The molecule has 2 aromatic rings. The predicted octanol–water partition coefficient (Wildman–Crippen LogP) is 2.40. The maximum absolute atomic E-state index is 12.4. The lowest BCUT2D eigenvalue weighted by Gasteiger charge is -2.24. The number of hydrogen-bond donors (Lipinski definition) is 1. The van der Waals surface area contributed by atoms with E-state index in [9.17, 15) is 18.0 Å². The van der Waals surface area contributed by atoms with Crippen molar-refractivity contribution in [2.24, 2.45) is 0 Å². The molecule has 0 radical (unpaired) electrons. The van der Waals surface area contributed by atoms with Gasteiger partial charge < -0.3 is 14.7 Å². The first-order chi connectivity index (χ1) is 11.3. The number of halogens is 3. The number of fused-ring (bicyclic) bond motifs is 1. The molecule has 0 saturated heterocycles. The van der Waals surface area contributed by atoms with Crippen LogP contribution in [-0.2, 0) is 25.6 Å². The number of hydrogen-bond acceptors (Lipinski definition) is 4. The molecule has 0 aliphatic heterocycles. The van der Waals surface area contributed by atoms with Gasteiger partial charge in [0, 0.05) is 13.1 Å². The van der Waals surface area contributed by atoms with Gasteiger partial charge in [-0.2, -0.15) is 18.2 Å². The molecule has 0 fully saturated rings. The van der Waals surface area contributed by atoms with Crippen LogP contribution in [0.2, 0.25) is 0 Å². The van der Waals surface area contributed by atoms with Crippen LogP contribution in [0.1, 0.15) is 22.8 Å². The van der Waals surface area contributed by atoms with Crippen molar-refractivity contribution in [1.29, 1.82) is 0 Å². The Bertz CT molecular complexity index is 719. The van der Waals surface area contributed by atoms with Crippen molar-refractivity contribution in [2.75, 3.05) is 7.05 Å². The van der Waals surface area contributed by atoms with Crippen LogP contribution in [0, 0.1) is 0 Å². The van der Waals surface area contributed by atoms with Gasteiger partial charge in [0.1, 0.15) is 0 Å². The average Bonchev–Trinajstić information content (AvgIpc) is 3.17. The lowest BCUT2D eigenvalue weighted by atomic mass is 10.1. The number of urea groups is 1.